The Hall–Kier alpha value is -2.09. The molecular weight excluding hydrogens is 360 g/mol. The maximum atomic E-state index is 12.9. The lowest BCUT2D eigenvalue weighted by molar-refractivity contribution is -0.0365. The van der Waals surface area contributed by atoms with E-state index in [1.165, 1.54) is 5.56 Å². The van der Waals surface area contributed by atoms with Gasteiger partial charge in [0.15, 0.2) is 0 Å². The first kappa shape index (κ1) is 18.3. The van der Waals surface area contributed by atoms with Crippen LogP contribution in [0, 0.1) is 13.8 Å². The van der Waals surface area contributed by atoms with E-state index in [9.17, 15) is 9.90 Å². The predicted molar refractivity (Wildman–Crippen MR) is 107 cm³/mol. The fourth-order valence-electron chi connectivity index (χ4n) is 3.74. The Morgan fingerprint density at radius 3 is 2.78 bits per heavy atom. The smallest absolute Gasteiger partial charge is 0.262 e. The van der Waals surface area contributed by atoms with E-state index in [0.29, 0.717) is 24.8 Å². The highest BCUT2D eigenvalue weighted by Crippen LogP contribution is 2.27. The van der Waals surface area contributed by atoms with Gasteiger partial charge < -0.3 is 5.11 Å². The lowest BCUT2D eigenvalue weighted by Crippen LogP contribution is -2.47. The van der Waals surface area contributed by atoms with Crippen LogP contribution < -0.4 is 5.56 Å². The standard InChI is InChI=1S/C20H24N4O2S/c1-14-15(2)27-18-17(14)19(25)24(13-22-18)12-20(26)5-8-23(9-6-20)11-16-4-3-7-21-10-16/h3-4,7,10,13,26H,5-6,8-9,11-12H2,1-2H3. The minimum Gasteiger partial charge on any atom is -0.388 e. The Balaban J connectivity index is 1.47. The molecule has 6 nitrogen and oxygen atoms in total. The molecule has 0 atom stereocenters. The normalized spacial score (nSPS) is 17.4. The number of hydrogen-bond donors (Lipinski definition) is 1. The molecule has 1 saturated heterocycles. The summed E-state index contributed by atoms with van der Waals surface area (Å²) >= 11 is 1.55. The molecule has 7 heteroatoms. The van der Waals surface area contributed by atoms with Crippen LogP contribution in [0.25, 0.3) is 10.2 Å². The van der Waals surface area contributed by atoms with E-state index in [0.717, 1.165) is 34.9 Å². The highest BCUT2D eigenvalue weighted by atomic mass is 32.1. The fourth-order valence-corrected chi connectivity index (χ4v) is 4.72. The van der Waals surface area contributed by atoms with Crippen LogP contribution in [-0.4, -0.2) is 43.2 Å². The van der Waals surface area contributed by atoms with Gasteiger partial charge in [-0.1, -0.05) is 6.07 Å². The first-order valence-corrected chi connectivity index (χ1v) is 10.1. The van der Waals surface area contributed by atoms with Crippen molar-refractivity contribution in [3.63, 3.8) is 0 Å². The molecule has 0 unspecified atom stereocenters. The van der Waals surface area contributed by atoms with Crippen LogP contribution in [0.15, 0.2) is 35.6 Å². The van der Waals surface area contributed by atoms with Crippen LogP contribution in [0.5, 0.6) is 0 Å². The number of aliphatic hydroxyl groups is 1. The van der Waals surface area contributed by atoms with Gasteiger partial charge in [-0.25, -0.2) is 4.98 Å². The molecule has 1 aliphatic rings. The van der Waals surface area contributed by atoms with E-state index >= 15 is 0 Å². The Bertz CT molecular complexity index is 1000. The highest BCUT2D eigenvalue weighted by molar-refractivity contribution is 7.18. The summed E-state index contributed by atoms with van der Waals surface area (Å²) in [6.45, 7) is 6.71. The fraction of sp³-hybridized carbons (Fsp3) is 0.450. The van der Waals surface area contributed by atoms with E-state index in [-0.39, 0.29) is 5.56 Å². The monoisotopic (exact) mass is 384 g/mol. The Morgan fingerprint density at radius 2 is 2.07 bits per heavy atom. The molecule has 0 radical (unpaired) electrons. The third-order valence-corrected chi connectivity index (χ3v) is 6.65. The number of pyridine rings is 1. The third-order valence-electron chi connectivity index (χ3n) is 5.54. The van der Waals surface area contributed by atoms with Gasteiger partial charge in [0.25, 0.3) is 5.56 Å². The molecule has 1 aliphatic heterocycles. The van der Waals surface area contributed by atoms with E-state index in [1.807, 2.05) is 26.1 Å². The largest absolute Gasteiger partial charge is 0.388 e. The van der Waals surface area contributed by atoms with Crippen molar-refractivity contribution >= 4 is 21.6 Å². The number of aromatic nitrogens is 3. The van der Waals surface area contributed by atoms with Crippen molar-refractivity contribution in [2.75, 3.05) is 13.1 Å². The van der Waals surface area contributed by atoms with Crippen molar-refractivity contribution in [3.05, 3.63) is 57.2 Å². The molecule has 0 saturated carbocycles. The number of aryl methyl sites for hydroxylation is 2. The second-order valence-corrected chi connectivity index (χ2v) is 8.71. The van der Waals surface area contributed by atoms with Gasteiger partial charge in [0, 0.05) is 36.9 Å². The zero-order chi connectivity index (χ0) is 19.0. The number of hydrogen-bond acceptors (Lipinski definition) is 6. The molecule has 0 amide bonds. The molecule has 0 spiro atoms. The van der Waals surface area contributed by atoms with Crippen LogP contribution in [0.1, 0.15) is 28.8 Å². The molecule has 142 valence electrons. The Morgan fingerprint density at radius 1 is 1.30 bits per heavy atom. The summed E-state index contributed by atoms with van der Waals surface area (Å²) in [6.07, 6.45) is 6.52. The maximum Gasteiger partial charge on any atom is 0.262 e. The first-order valence-electron chi connectivity index (χ1n) is 9.24. The molecule has 0 aromatic carbocycles. The molecule has 1 N–H and O–H groups in total. The van der Waals surface area contributed by atoms with Gasteiger partial charge in [0.2, 0.25) is 0 Å². The van der Waals surface area contributed by atoms with Gasteiger partial charge in [-0.05, 0) is 43.9 Å². The molecule has 4 heterocycles. The van der Waals surface area contributed by atoms with Crippen molar-refractivity contribution < 1.29 is 5.11 Å². The summed E-state index contributed by atoms with van der Waals surface area (Å²) in [7, 11) is 0. The van der Waals surface area contributed by atoms with Gasteiger partial charge in [-0.2, -0.15) is 0 Å². The second kappa shape index (κ2) is 7.14. The number of rotatable bonds is 4. The third kappa shape index (κ3) is 3.67. The molecule has 1 fully saturated rings. The van der Waals surface area contributed by atoms with Crippen molar-refractivity contribution in [1.82, 2.24) is 19.4 Å². The van der Waals surface area contributed by atoms with Crippen molar-refractivity contribution in [3.8, 4) is 0 Å². The van der Waals surface area contributed by atoms with Crippen LogP contribution in [0.3, 0.4) is 0 Å². The lowest BCUT2D eigenvalue weighted by atomic mass is 9.91. The van der Waals surface area contributed by atoms with Gasteiger partial charge in [-0.15, -0.1) is 11.3 Å². The van der Waals surface area contributed by atoms with E-state index in [4.69, 9.17) is 0 Å². The van der Waals surface area contributed by atoms with E-state index in [2.05, 4.69) is 20.9 Å². The SMILES string of the molecule is Cc1sc2ncn(CC3(O)CCN(Cc4cccnc4)CC3)c(=O)c2c1C. The van der Waals surface area contributed by atoms with Gasteiger partial charge in [-0.3, -0.25) is 19.2 Å². The predicted octanol–water partition coefficient (Wildman–Crippen LogP) is 2.50. The molecule has 3 aromatic rings. The van der Waals surface area contributed by atoms with Crippen LogP contribution in [0.4, 0.5) is 0 Å². The van der Waals surface area contributed by atoms with Crippen LogP contribution >= 0.6 is 11.3 Å². The topological polar surface area (TPSA) is 71.2 Å². The number of piperidine rings is 1. The van der Waals surface area contributed by atoms with Crippen LogP contribution in [0.2, 0.25) is 0 Å². The molecule has 4 rings (SSSR count). The number of nitrogens with zero attached hydrogens (tertiary/aromatic N) is 4. The lowest BCUT2D eigenvalue weighted by Gasteiger charge is -2.38. The van der Waals surface area contributed by atoms with Gasteiger partial charge >= 0.3 is 0 Å². The average molecular weight is 385 g/mol. The summed E-state index contributed by atoms with van der Waals surface area (Å²) in [6, 6.07) is 4.01. The van der Waals surface area contributed by atoms with Gasteiger partial charge in [0.1, 0.15) is 4.83 Å². The zero-order valence-corrected chi connectivity index (χ0v) is 16.5. The minimum atomic E-state index is -0.871. The zero-order valence-electron chi connectivity index (χ0n) is 15.7. The van der Waals surface area contributed by atoms with Crippen molar-refractivity contribution in [2.24, 2.45) is 0 Å². The Labute approximate surface area is 162 Å². The number of thiophene rings is 1. The summed E-state index contributed by atoms with van der Waals surface area (Å²) < 4.78 is 1.58. The van der Waals surface area contributed by atoms with Crippen molar-refractivity contribution in [2.45, 2.75) is 45.4 Å². The average Bonchev–Trinajstić information content (AvgIpc) is 2.95. The summed E-state index contributed by atoms with van der Waals surface area (Å²) in [5.74, 6) is 0. The van der Waals surface area contributed by atoms with Crippen molar-refractivity contribution in [1.29, 1.82) is 0 Å². The number of likely N-dealkylation sites (tertiary alicyclic amines) is 1. The first-order chi connectivity index (χ1) is 13.0. The second-order valence-electron chi connectivity index (χ2n) is 7.50. The molecular formula is C20H24N4O2S. The van der Waals surface area contributed by atoms with E-state index in [1.54, 1.807) is 28.4 Å². The highest BCUT2D eigenvalue weighted by Gasteiger charge is 2.33. The Kier molecular flexibility index (Phi) is 4.84. The maximum absolute atomic E-state index is 12.9. The van der Waals surface area contributed by atoms with Crippen LogP contribution in [-0.2, 0) is 13.1 Å². The van der Waals surface area contributed by atoms with Gasteiger partial charge in [0.05, 0.1) is 23.9 Å². The summed E-state index contributed by atoms with van der Waals surface area (Å²) in [5, 5.41) is 11.7. The van der Waals surface area contributed by atoms with E-state index < -0.39 is 5.60 Å². The molecule has 0 aliphatic carbocycles. The molecule has 0 bridgehead atoms. The summed E-state index contributed by atoms with van der Waals surface area (Å²) in [5.41, 5.74) is 1.26. The quantitative estimate of drug-likeness (QED) is 0.748. The minimum absolute atomic E-state index is 0.0481. The summed E-state index contributed by atoms with van der Waals surface area (Å²) in [4.78, 5) is 25.7. The molecule has 3 aromatic heterocycles. The molecule has 27 heavy (non-hydrogen) atoms. The number of fused-ring (bicyclic) bond motifs is 1.